The molecular weight excluding hydrogens is 246 g/mol. The Labute approximate surface area is 110 Å². The number of aromatic carboxylic acids is 1. The van der Waals surface area contributed by atoms with E-state index in [-0.39, 0.29) is 0 Å². The maximum Gasteiger partial charge on any atom is 0.338 e. The quantitative estimate of drug-likeness (QED) is 0.656. The van der Waals surface area contributed by atoms with Gasteiger partial charge >= 0.3 is 5.97 Å². The Morgan fingerprint density at radius 3 is 2.89 bits per heavy atom. The summed E-state index contributed by atoms with van der Waals surface area (Å²) < 4.78 is 0. The van der Waals surface area contributed by atoms with Crippen LogP contribution in [0.15, 0.2) is 35.4 Å². The standard InChI is InChI=1S/C14H15NO2S/c1-2-3-8-18-13-10-6-4-5-7-12(10)15-9-11(13)14(16)17/h4-7,9H,2-3,8H2,1H3,(H,16,17). The number of para-hydroxylation sites is 1. The van der Waals surface area contributed by atoms with Crippen molar-refractivity contribution in [3.05, 3.63) is 36.0 Å². The molecule has 0 radical (unpaired) electrons. The molecule has 0 atom stereocenters. The molecule has 4 heteroatoms. The Morgan fingerprint density at radius 2 is 2.17 bits per heavy atom. The highest BCUT2D eigenvalue weighted by Gasteiger charge is 2.14. The Balaban J connectivity index is 2.48. The van der Waals surface area contributed by atoms with Crippen molar-refractivity contribution in [2.24, 2.45) is 0 Å². The van der Waals surface area contributed by atoms with Crippen molar-refractivity contribution in [3.8, 4) is 0 Å². The molecule has 18 heavy (non-hydrogen) atoms. The summed E-state index contributed by atoms with van der Waals surface area (Å²) in [5.41, 5.74) is 1.15. The first-order valence-corrected chi connectivity index (χ1v) is 6.96. The van der Waals surface area contributed by atoms with Crippen LogP contribution in [0.5, 0.6) is 0 Å². The van der Waals surface area contributed by atoms with Crippen LogP contribution in [0.25, 0.3) is 10.9 Å². The van der Waals surface area contributed by atoms with E-state index in [1.165, 1.54) is 6.20 Å². The molecule has 1 aromatic carbocycles. The fourth-order valence-corrected chi connectivity index (χ4v) is 3.00. The average molecular weight is 261 g/mol. The molecular formula is C14H15NO2S. The summed E-state index contributed by atoms with van der Waals surface area (Å²) in [4.78, 5) is 16.3. The maximum atomic E-state index is 11.2. The molecule has 1 heterocycles. The van der Waals surface area contributed by atoms with Crippen molar-refractivity contribution < 1.29 is 9.90 Å². The molecule has 0 aliphatic heterocycles. The molecule has 0 saturated heterocycles. The van der Waals surface area contributed by atoms with Gasteiger partial charge in [0.25, 0.3) is 0 Å². The van der Waals surface area contributed by atoms with Crippen LogP contribution in [0.3, 0.4) is 0 Å². The molecule has 0 aliphatic carbocycles. The van der Waals surface area contributed by atoms with E-state index in [0.29, 0.717) is 5.56 Å². The minimum absolute atomic E-state index is 0.301. The number of nitrogens with zero attached hydrogens (tertiary/aromatic N) is 1. The number of carbonyl (C=O) groups is 1. The number of unbranched alkanes of at least 4 members (excludes halogenated alkanes) is 1. The smallest absolute Gasteiger partial charge is 0.338 e. The first-order chi connectivity index (χ1) is 8.74. The molecule has 0 aliphatic rings. The number of benzene rings is 1. The summed E-state index contributed by atoms with van der Waals surface area (Å²) in [6, 6.07) is 7.67. The fourth-order valence-electron chi connectivity index (χ4n) is 1.74. The van der Waals surface area contributed by atoms with Gasteiger partial charge in [-0.05, 0) is 18.2 Å². The number of carboxylic acid groups (broad SMARTS) is 1. The van der Waals surface area contributed by atoms with E-state index in [1.807, 2.05) is 24.3 Å². The molecule has 0 saturated carbocycles. The van der Waals surface area contributed by atoms with Gasteiger partial charge in [0.15, 0.2) is 0 Å². The third-order valence-electron chi connectivity index (χ3n) is 2.70. The maximum absolute atomic E-state index is 11.2. The van der Waals surface area contributed by atoms with Crippen LogP contribution in [-0.2, 0) is 0 Å². The van der Waals surface area contributed by atoms with Gasteiger partial charge in [-0.25, -0.2) is 4.79 Å². The number of hydrogen-bond donors (Lipinski definition) is 1. The highest BCUT2D eigenvalue weighted by atomic mass is 32.2. The predicted molar refractivity (Wildman–Crippen MR) is 74.3 cm³/mol. The molecule has 0 amide bonds. The average Bonchev–Trinajstić information content (AvgIpc) is 2.38. The second-order valence-electron chi connectivity index (χ2n) is 4.03. The van der Waals surface area contributed by atoms with Crippen LogP contribution in [0.2, 0.25) is 0 Å². The lowest BCUT2D eigenvalue weighted by atomic mass is 10.1. The topological polar surface area (TPSA) is 50.2 Å². The SMILES string of the molecule is CCCCSc1c(C(=O)O)cnc2ccccc12. The zero-order chi connectivity index (χ0) is 13.0. The number of thioether (sulfide) groups is 1. The number of hydrogen-bond acceptors (Lipinski definition) is 3. The normalized spacial score (nSPS) is 10.7. The summed E-state index contributed by atoms with van der Waals surface area (Å²) in [7, 11) is 0. The fraction of sp³-hybridized carbons (Fsp3) is 0.286. The van der Waals surface area contributed by atoms with E-state index in [9.17, 15) is 9.90 Å². The molecule has 2 aromatic rings. The Morgan fingerprint density at radius 1 is 1.39 bits per heavy atom. The number of rotatable bonds is 5. The van der Waals surface area contributed by atoms with Crippen LogP contribution in [-0.4, -0.2) is 21.8 Å². The first-order valence-electron chi connectivity index (χ1n) is 5.98. The van der Waals surface area contributed by atoms with E-state index in [2.05, 4.69) is 11.9 Å². The van der Waals surface area contributed by atoms with E-state index >= 15 is 0 Å². The highest BCUT2D eigenvalue weighted by molar-refractivity contribution is 7.99. The monoisotopic (exact) mass is 261 g/mol. The lowest BCUT2D eigenvalue weighted by molar-refractivity contribution is 0.0693. The third kappa shape index (κ3) is 2.64. The number of carboxylic acids is 1. The molecule has 0 spiro atoms. The van der Waals surface area contributed by atoms with Gasteiger partial charge in [0.05, 0.1) is 11.1 Å². The minimum atomic E-state index is -0.910. The summed E-state index contributed by atoms with van der Waals surface area (Å²) in [6.45, 7) is 2.13. The largest absolute Gasteiger partial charge is 0.478 e. The van der Waals surface area contributed by atoms with Crippen molar-refractivity contribution in [1.82, 2.24) is 4.98 Å². The number of aromatic nitrogens is 1. The van der Waals surface area contributed by atoms with Gasteiger partial charge in [0.2, 0.25) is 0 Å². The van der Waals surface area contributed by atoms with E-state index < -0.39 is 5.97 Å². The van der Waals surface area contributed by atoms with Gasteiger partial charge in [-0.3, -0.25) is 4.98 Å². The van der Waals surface area contributed by atoms with Gasteiger partial charge in [-0.2, -0.15) is 0 Å². The van der Waals surface area contributed by atoms with Crippen molar-refractivity contribution in [2.75, 3.05) is 5.75 Å². The summed E-state index contributed by atoms with van der Waals surface area (Å²) >= 11 is 1.61. The van der Waals surface area contributed by atoms with Crippen molar-refractivity contribution in [1.29, 1.82) is 0 Å². The molecule has 0 fully saturated rings. The van der Waals surface area contributed by atoms with E-state index in [1.54, 1.807) is 11.8 Å². The van der Waals surface area contributed by atoms with Crippen LogP contribution < -0.4 is 0 Å². The van der Waals surface area contributed by atoms with Crippen LogP contribution in [0.4, 0.5) is 0 Å². The molecule has 94 valence electrons. The molecule has 0 bridgehead atoms. The van der Waals surface area contributed by atoms with Gasteiger partial charge in [-0.15, -0.1) is 11.8 Å². The van der Waals surface area contributed by atoms with E-state index in [0.717, 1.165) is 34.4 Å². The van der Waals surface area contributed by atoms with Crippen LogP contribution in [0.1, 0.15) is 30.1 Å². The Bertz CT molecular complexity index is 569. The van der Waals surface area contributed by atoms with Crippen LogP contribution >= 0.6 is 11.8 Å². The van der Waals surface area contributed by atoms with Gasteiger partial charge in [0, 0.05) is 16.5 Å². The van der Waals surface area contributed by atoms with Crippen molar-refractivity contribution in [2.45, 2.75) is 24.7 Å². The number of fused-ring (bicyclic) bond motifs is 1. The molecule has 3 nitrogen and oxygen atoms in total. The third-order valence-corrected chi connectivity index (χ3v) is 3.92. The molecule has 2 rings (SSSR count). The second kappa shape index (κ2) is 5.87. The van der Waals surface area contributed by atoms with Crippen molar-refractivity contribution >= 4 is 28.6 Å². The lowest BCUT2D eigenvalue weighted by Gasteiger charge is -2.09. The Hall–Kier alpha value is -1.55. The van der Waals surface area contributed by atoms with Crippen molar-refractivity contribution in [3.63, 3.8) is 0 Å². The van der Waals surface area contributed by atoms with E-state index in [4.69, 9.17) is 0 Å². The summed E-state index contributed by atoms with van der Waals surface area (Å²) in [5, 5.41) is 10.2. The molecule has 0 unspecified atom stereocenters. The zero-order valence-corrected chi connectivity index (χ0v) is 11.0. The second-order valence-corrected chi connectivity index (χ2v) is 5.13. The number of pyridine rings is 1. The highest BCUT2D eigenvalue weighted by Crippen LogP contribution is 2.30. The minimum Gasteiger partial charge on any atom is -0.478 e. The lowest BCUT2D eigenvalue weighted by Crippen LogP contribution is -2.01. The predicted octanol–water partition coefficient (Wildman–Crippen LogP) is 3.83. The van der Waals surface area contributed by atoms with Gasteiger partial charge < -0.3 is 5.11 Å². The zero-order valence-electron chi connectivity index (χ0n) is 10.2. The Kier molecular flexibility index (Phi) is 4.20. The molecule has 1 N–H and O–H groups in total. The summed E-state index contributed by atoms with van der Waals surface area (Å²) in [6.07, 6.45) is 3.65. The first kappa shape index (κ1) is 12.9. The molecule has 1 aromatic heterocycles. The van der Waals surface area contributed by atoms with Crippen LogP contribution in [0, 0.1) is 0 Å². The summed E-state index contributed by atoms with van der Waals surface area (Å²) in [5.74, 6) is 0.0254. The van der Waals surface area contributed by atoms with Gasteiger partial charge in [-0.1, -0.05) is 31.5 Å². The van der Waals surface area contributed by atoms with Gasteiger partial charge in [0.1, 0.15) is 0 Å².